The molecular weight excluding hydrogens is 710 g/mol. The summed E-state index contributed by atoms with van der Waals surface area (Å²) in [5.41, 5.74) is 1.90. The number of carbonyl (C=O) groups excluding carboxylic acids is 5. The van der Waals surface area contributed by atoms with Crippen molar-refractivity contribution in [3.63, 3.8) is 0 Å². The molecule has 6 N–H and O–H groups in total. The molecule has 304 valence electrons. The number of rotatable bonds is 11. The van der Waals surface area contributed by atoms with Crippen LogP contribution in [-0.2, 0) is 44.7 Å². The van der Waals surface area contributed by atoms with Gasteiger partial charge in [-0.1, -0.05) is 88.8 Å². The Labute approximate surface area is 323 Å². The van der Waals surface area contributed by atoms with Gasteiger partial charge in [-0.05, 0) is 37.3 Å². The van der Waals surface area contributed by atoms with E-state index in [2.05, 4.69) is 21.3 Å². The van der Waals surface area contributed by atoms with Gasteiger partial charge >= 0.3 is 11.9 Å². The number of aliphatic carboxylic acids is 2. The van der Waals surface area contributed by atoms with Crippen LogP contribution in [0.5, 0.6) is 0 Å². The highest BCUT2D eigenvalue weighted by Gasteiger charge is 2.37. The standard InChI is InChI=1S/C40H58N5O10/c1-10-30-37(49)44-34(40(53)54)26(7)36(48)43-33(22(2)3)38(50)41-28(25(6)35(47)42-29(39(51)52)18-19-32(46)45(30)8)17-16-23(4)20-24(5)31(55-9)21-27-14-12-11-13-15-27/h10-17,20,22,24-26,28-31,33-34H,18-19,21H2,1-9H3,(H,41,50)(H,42,47)(H,43,48)(H,44,49)(H,51,52)(H,53,54)/q-1/b17-16+,23-20+/t24-,25-,26-,28-,29+,30?,31-,33-,34+/m0/s1. The molecule has 1 saturated heterocycles. The zero-order valence-electron chi connectivity index (χ0n) is 33.2. The molecule has 0 bridgehead atoms. The number of hydrogen-bond acceptors (Lipinski definition) is 8. The summed E-state index contributed by atoms with van der Waals surface area (Å²) in [7, 11) is 2.94. The zero-order chi connectivity index (χ0) is 41.6. The Morgan fingerprint density at radius 2 is 1.53 bits per heavy atom. The van der Waals surface area contributed by atoms with Gasteiger partial charge in [0.25, 0.3) is 0 Å². The lowest BCUT2D eigenvalue weighted by atomic mass is 9.94. The number of benzene rings is 1. The number of likely N-dealkylation sites (N-methyl/N-ethyl adjacent to an activating group) is 1. The molecule has 55 heavy (non-hydrogen) atoms. The number of carboxylic acid groups (broad SMARTS) is 2. The van der Waals surface area contributed by atoms with Crippen LogP contribution in [0.4, 0.5) is 0 Å². The molecule has 1 unspecified atom stereocenters. The van der Waals surface area contributed by atoms with E-state index in [1.165, 1.54) is 34.2 Å². The number of carboxylic acids is 2. The first kappa shape index (κ1) is 46.1. The summed E-state index contributed by atoms with van der Waals surface area (Å²) in [6.07, 6.45) is 6.50. The number of nitrogens with zero attached hydrogens (tertiary/aromatic N) is 1. The van der Waals surface area contributed by atoms with Crippen molar-refractivity contribution in [3.05, 3.63) is 66.1 Å². The molecule has 1 fully saturated rings. The molecule has 5 amide bonds. The smallest absolute Gasteiger partial charge is 0.327 e. The lowest BCUT2D eigenvalue weighted by Gasteiger charge is -2.34. The molecule has 0 aromatic heterocycles. The highest BCUT2D eigenvalue weighted by atomic mass is 16.5. The van der Waals surface area contributed by atoms with Crippen molar-refractivity contribution in [3.8, 4) is 0 Å². The quantitative estimate of drug-likeness (QED) is 0.142. The van der Waals surface area contributed by atoms with Crippen LogP contribution >= 0.6 is 0 Å². The van der Waals surface area contributed by atoms with Crippen LogP contribution in [0.15, 0.2) is 54.1 Å². The fourth-order valence-corrected chi connectivity index (χ4v) is 6.24. The van der Waals surface area contributed by atoms with E-state index in [-0.39, 0.29) is 24.9 Å². The molecule has 1 aromatic rings. The van der Waals surface area contributed by atoms with Crippen molar-refractivity contribution in [2.24, 2.45) is 23.7 Å². The van der Waals surface area contributed by atoms with Crippen LogP contribution in [0, 0.1) is 30.1 Å². The van der Waals surface area contributed by atoms with E-state index in [4.69, 9.17) is 4.74 Å². The number of nitrogens with one attached hydrogen (secondary N) is 4. The second-order valence-electron chi connectivity index (χ2n) is 14.5. The van der Waals surface area contributed by atoms with Crippen LogP contribution in [0.3, 0.4) is 0 Å². The van der Waals surface area contributed by atoms with Crippen LogP contribution in [0.25, 0.3) is 0 Å². The maximum absolute atomic E-state index is 13.9. The summed E-state index contributed by atoms with van der Waals surface area (Å²) in [6, 6.07) is 3.20. The first-order chi connectivity index (χ1) is 25.8. The largest absolute Gasteiger partial charge is 0.480 e. The lowest BCUT2D eigenvalue weighted by Crippen LogP contribution is -2.58. The van der Waals surface area contributed by atoms with E-state index < -0.39 is 89.4 Å². The summed E-state index contributed by atoms with van der Waals surface area (Å²) in [5.74, 6) is -9.64. The summed E-state index contributed by atoms with van der Waals surface area (Å²) in [4.78, 5) is 93.0. The average Bonchev–Trinajstić information content (AvgIpc) is 3.13. The number of allylic oxidation sites excluding steroid dienone is 2. The van der Waals surface area contributed by atoms with Crippen molar-refractivity contribution in [1.29, 1.82) is 0 Å². The number of ether oxygens (including phenoxy) is 1. The van der Waals surface area contributed by atoms with Gasteiger partial charge in [0.05, 0.1) is 24.0 Å². The number of methoxy groups -OCH3 is 1. The molecule has 1 heterocycles. The van der Waals surface area contributed by atoms with Crippen LogP contribution < -0.4 is 21.3 Å². The lowest BCUT2D eigenvalue weighted by molar-refractivity contribution is -0.147. The topological polar surface area (TPSA) is 221 Å². The minimum Gasteiger partial charge on any atom is -0.480 e. The van der Waals surface area contributed by atoms with Crippen molar-refractivity contribution in [2.45, 2.75) is 104 Å². The molecule has 1 aliphatic rings. The minimum absolute atomic E-state index is 0.0369. The number of amides is 5. The van der Waals surface area contributed by atoms with Gasteiger partial charge in [-0.2, -0.15) is 6.92 Å². The summed E-state index contributed by atoms with van der Waals surface area (Å²) < 4.78 is 5.78. The molecule has 0 aliphatic carbocycles. The van der Waals surface area contributed by atoms with E-state index in [1.54, 1.807) is 33.1 Å². The van der Waals surface area contributed by atoms with Gasteiger partial charge in [0.2, 0.25) is 29.5 Å². The summed E-state index contributed by atoms with van der Waals surface area (Å²) >= 11 is 0. The van der Waals surface area contributed by atoms with Gasteiger partial charge in [0, 0.05) is 26.5 Å². The second kappa shape index (κ2) is 21.7. The van der Waals surface area contributed by atoms with Gasteiger partial charge in [-0.3, -0.25) is 24.0 Å². The molecule has 15 heteroatoms. The predicted molar refractivity (Wildman–Crippen MR) is 205 cm³/mol. The molecule has 0 radical (unpaired) electrons. The Morgan fingerprint density at radius 1 is 0.909 bits per heavy atom. The third-order valence-electron chi connectivity index (χ3n) is 9.90. The van der Waals surface area contributed by atoms with Crippen LogP contribution in [0.2, 0.25) is 0 Å². The Balaban J connectivity index is 2.56. The summed E-state index contributed by atoms with van der Waals surface area (Å²) in [5, 5.41) is 30.2. The Hall–Kier alpha value is -5.05. The van der Waals surface area contributed by atoms with Gasteiger partial charge in [-0.15, -0.1) is 0 Å². The predicted octanol–water partition coefficient (Wildman–Crippen LogP) is 2.26. The normalized spacial score (nSPS) is 26.9. The third kappa shape index (κ3) is 13.6. The van der Waals surface area contributed by atoms with Crippen molar-refractivity contribution >= 4 is 41.5 Å². The molecule has 1 aliphatic heterocycles. The fourth-order valence-electron chi connectivity index (χ4n) is 6.24. The molecule has 15 nitrogen and oxygen atoms in total. The highest BCUT2D eigenvalue weighted by Crippen LogP contribution is 2.19. The van der Waals surface area contributed by atoms with Gasteiger partial charge in [0.1, 0.15) is 18.1 Å². The molecular formula is C40H58N5O10-. The third-order valence-corrected chi connectivity index (χ3v) is 9.90. The minimum atomic E-state index is -1.73. The molecule has 2 rings (SSSR count). The molecule has 1 aromatic carbocycles. The summed E-state index contributed by atoms with van der Waals surface area (Å²) in [6.45, 7) is 11.5. The maximum Gasteiger partial charge on any atom is 0.327 e. The SMILES string of the molecule is C[CH-]C1C(=O)N[C@@H](C(=O)O)[C@H](C)C(=O)N[C@@H](C(C)C)C(=O)N[C@@H](/C=C/C(C)=C/[C@H](C)[C@H](Cc2ccccc2)OC)[C@H](C)C(=O)N[C@@H](C(=O)O)CCC(=O)N1C. The van der Waals surface area contributed by atoms with Gasteiger partial charge in [-0.25, -0.2) is 9.59 Å². The Kier molecular flexibility index (Phi) is 18.2. The molecule has 0 spiro atoms. The maximum atomic E-state index is 13.9. The van der Waals surface area contributed by atoms with Crippen molar-refractivity contribution in [1.82, 2.24) is 26.2 Å². The van der Waals surface area contributed by atoms with E-state index in [1.807, 2.05) is 50.3 Å². The monoisotopic (exact) mass is 768 g/mol. The van der Waals surface area contributed by atoms with Crippen molar-refractivity contribution in [2.75, 3.05) is 14.2 Å². The van der Waals surface area contributed by atoms with Gasteiger partial charge < -0.3 is 47.5 Å². The number of hydrogen-bond donors (Lipinski definition) is 6. The van der Waals surface area contributed by atoms with Gasteiger partial charge in [0.15, 0.2) is 0 Å². The van der Waals surface area contributed by atoms with Crippen molar-refractivity contribution < 1.29 is 48.5 Å². The molecule has 9 atom stereocenters. The highest BCUT2D eigenvalue weighted by molar-refractivity contribution is 5.95. The second-order valence-corrected chi connectivity index (χ2v) is 14.5. The first-order valence-corrected chi connectivity index (χ1v) is 18.5. The van der Waals surface area contributed by atoms with Crippen LogP contribution in [-0.4, -0.2) is 107 Å². The average molecular weight is 769 g/mol. The first-order valence-electron chi connectivity index (χ1n) is 18.5. The molecule has 0 saturated carbocycles. The van der Waals surface area contributed by atoms with E-state index in [0.717, 1.165) is 16.0 Å². The Morgan fingerprint density at radius 3 is 2.07 bits per heavy atom. The van der Waals surface area contributed by atoms with Crippen LogP contribution in [0.1, 0.15) is 66.9 Å². The van der Waals surface area contributed by atoms with E-state index in [0.29, 0.717) is 6.42 Å². The fraction of sp³-hybridized carbons (Fsp3) is 0.550. The van der Waals surface area contributed by atoms with E-state index >= 15 is 0 Å². The Bertz CT molecular complexity index is 1580. The van der Waals surface area contributed by atoms with E-state index in [9.17, 15) is 43.8 Å². The number of carbonyl (C=O) groups is 7. The zero-order valence-corrected chi connectivity index (χ0v) is 33.2.